The first-order valence-electron chi connectivity index (χ1n) is 3.63. The van der Waals surface area contributed by atoms with Gasteiger partial charge in [-0.1, -0.05) is 11.6 Å². The van der Waals surface area contributed by atoms with Crippen molar-refractivity contribution in [2.45, 2.75) is 0 Å². The molecule has 0 aliphatic rings. The van der Waals surface area contributed by atoms with E-state index in [0.29, 0.717) is 6.29 Å². The van der Waals surface area contributed by atoms with Crippen molar-refractivity contribution < 1.29 is 18.7 Å². The van der Waals surface area contributed by atoms with Gasteiger partial charge >= 0.3 is 5.97 Å². The molecule has 0 bridgehead atoms. The first-order valence-corrected chi connectivity index (χ1v) is 4.01. The summed E-state index contributed by atoms with van der Waals surface area (Å²) < 4.78 is 17.6. The quantitative estimate of drug-likeness (QED) is 0.562. The van der Waals surface area contributed by atoms with Crippen LogP contribution in [0.3, 0.4) is 0 Å². The second-order valence-corrected chi connectivity index (χ2v) is 2.84. The van der Waals surface area contributed by atoms with Crippen LogP contribution >= 0.6 is 11.6 Å². The Kier molecular flexibility index (Phi) is 3.19. The number of carbonyl (C=O) groups excluding carboxylic acids is 2. The minimum Gasteiger partial charge on any atom is -0.465 e. The highest BCUT2D eigenvalue weighted by Crippen LogP contribution is 2.21. The van der Waals surface area contributed by atoms with Gasteiger partial charge in [0.1, 0.15) is 5.56 Å². The van der Waals surface area contributed by atoms with Crippen molar-refractivity contribution in [2.24, 2.45) is 0 Å². The Bertz CT molecular complexity index is 390. The second-order valence-electron chi connectivity index (χ2n) is 2.44. The van der Waals surface area contributed by atoms with E-state index >= 15 is 0 Å². The minimum atomic E-state index is -0.942. The zero-order valence-corrected chi connectivity index (χ0v) is 7.97. The minimum absolute atomic E-state index is 0.0845. The summed E-state index contributed by atoms with van der Waals surface area (Å²) in [6.45, 7) is 0. The number of carbonyl (C=O) groups is 2. The third-order valence-corrected chi connectivity index (χ3v) is 1.94. The molecule has 1 rings (SSSR count). The van der Waals surface area contributed by atoms with Gasteiger partial charge in [0, 0.05) is 5.56 Å². The number of hydrogen-bond acceptors (Lipinski definition) is 3. The molecule has 1 aromatic rings. The van der Waals surface area contributed by atoms with E-state index in [1.54, 1.807) is 0 Å². The van der Waals surface area contributed by atoms with E-state index in [9.17, 15) is 14.0 Å². The number of benzene rings is 1. The highest BCUT2D eigenvalue weighted by molar-refractivity contribution is 6.31. The average Bonchev–Trinajstić information content (AvgIpc) is 2.20. The molecule has 0 N–H and O–H groups in total. The van der Waals surface area contributed by atoms with Gasteiger partial charge in [0.15, 0.2) is 12.1 Å². The highest BCUT2D eigenvalue weighted by atomic mass is 35.5. The van der Waals surface area contributed by atoms with Crippen molar-refractivity contribution in [3.63, 3.8) is 0 Å². The van der Waals surface area contributed by atoms with Crippen molar-refractivity contribution in [1.82, 2.24) is 0 Å². The van der Waals surface area contributed by atoms with Crippen LogP contribution in [0.4, 0.5) is 4.39 Å². The fourth-order valence-corrected chi connectivity index (χ4v) is 1.13. The van der Waals surface area contributed by atoms with Gasteiger partial charge in [-0.05, 0) is 12.1 Å². The van der Waals surface area contributed by atoms with Crippen LogP contribution in [0.2, 0.25) is 5.02 Å². The normalized spacial score (nSPS) is 9.64. The van der Waals surface area contributed by atoms with Crippen molar-refractivity contribution >= 4 is 23.9 Å². The van der Waals surface area contributed by atoms with Gasteiger partial charge in [0.2, 0.25) is 0 Å². The molecule has 0 aliphatic heterocycles. The summed E-state index contributed by atoms with van der Waals surface area (Å²) in [7, 11) is 1.09. The molecule has 1 aromatic carbocycles. The monoisotopic (exact) mass is 216 g/mol. The molecule has 0 radical (unpaired) electrons. The Morgan fingerprint density at radius 2 is 2.21 bits per heavy atom. The summed E-state index contributed by atoms with van der Waals surface area (Å²) in [5, 5.41) is -0.226. The average molecular weight is 217 g/mol. The molecule has 0 amide bonds. The zero-order valence-electron chi connectivity index (χ0n) is 7.21. The predicted molar refractivity (Wildman–Crippen MR) is 48.1 cm³/mol. The van der Waals surface area contributed by atoms with Crippen LogP contribution in [0.25, 0.3) is 0 Å². The van der Waals surface area contributed by atoms with E-state index in [1.807, 2.05) is 0 Å². The van der Waals surface area contributed by atoms with Crippen LogP contribution in [0.15, 0.2) is 12.1 Å². The molecule has 74 valence electrons. The van der Waals surface area contributed by atoms with Gasteiger partial charge in [-0.25, -0.2) is 9.18 Å². The summed E-state index contributed by atoms with van der Waals surface area (Å²) in [5.41, 5.74) is -0.520. The van der Waals surface area contributed by atoms with E-state index in [-0.39, 0.29) is 10.6 Å². The Hall–Kier alpha value is -1.42. The molecule has 0 saturated carbocycles. The molecule has 0 heterocycles. The summed E-state index contributed by atoms with van der Waals surface area (Å²) in [4.78, 5) is 21.6. The smallest absolute Gasteiger partial charge is 0.341 e. The van der Waals surface area contributed by atoms with E-state index in [2.05, 4.69) is 4.74 Å². The third-order valence-electron chi connectivity index (χ3n) is 1.64. The molecule has 0 atom stereocenters. The number of hydrogen-bond donors (Lipinski definition) is 0. The van der Waals surface area contributed by atoms with Gasteiger partial charge < -0.3 is 4.74 Å². The van der Waals surface area contributed by atoms with Gasteiger partial charge in [-0.3, -0.25) is 4.79 Å². The summed E-state index contributed by atoms with van der Waals surface area (Å²) in [6, 6.07) is 2.46. The van der Waals surface area contributed by atoms with E-state index in [4.69, 9.17) is 11.6 Å². The molecule has 0 unspecified atom stereocenters. The van der Waals surface area contributed by atoms with Crippen LogP contribution in [0.5, 0.6) is 0 Å². The van der Waals surface area contributed by atoms with Crippen LogP contribution < -0.4 is 0 Å². The fourth-order valence-electron chi connectivity index (χ4n) is 0.973. The molecule has 0 aliphatic carbocycles. The summed E-state index contributed by atoms with van der Waals surface area (Å²) in [6.07, 6.45) is 0.367. The van der Waals surface area contributed by atoms with Crippen molar-refractivity contribution in [1.29, 1.82) is 0 Å². The maximum Gasteiger partial charge on any atom is 0.341 e. The van der Waals surface area contributed by atoms with Gasteiger partial charge in [0.05, 0.1) is 12.1 Å². The topological polar surface area (TPSA) is 43.4 Å². The fraction of sp³-hybridized carbons (Fsp3) is 0.111. The Balaban J connectivity index is 3.42. The first-order chi connectivity index (χ1) is 6.61. The number of esters is 1. The lowest BCUT2D eigenvalue weighted by Gasteiger charge is -2.04. The lowest BCUT2D eigenvalue weighted by molar-refractivity contribution is 0.0593. The molecule has 14 heavy (non-hydrogen) atoms. The van der Waals surface area contributed by atoms with Crippen LogP contribution in [-0.2, 0) is 4.74 Å². The van der Waals surface area contributed by atoms with Crippen LogP contribution in [-0.4, -0.2) is 19.4 Å². The molecule has 0 saturated heterocycles. The molecule has 5 heteroatoms. The first kappa shape index (κ1) is 10.7. The van der Waals surface area contributed by atoms with Crippen LogP contribution in [0, 0.1) is 5.82 Å². The number of halogens is 2. The standard InChI is InChI=1S/C9H6ClFO3/c1-14-9(13)7-5(4-12)2-3-6(10)8(7)11/h2-4H,1H3. The maximum absolute atomic E-state index is 13.3. The molecule has 0 spiro atoms. The van der Waals surface area contributed by atoms with Crippen molar-refractivity contribution in [3.8, 4) is 0 Å². The van der Waals surface area contributed by atoms with Crippen molar-refractivity contribution in [3.05, 3.63) is 34.1 Å². The zero-order chi connectivity index (χ0) is 10.7. The molecule has 3 nitrogen and oxygen atoms in total. The summed E-state index contributed by atoms with van der Waals surface area (Å²) in [5.74, 6) is -1.87. The lowest BCUT2D eigenvalue weighted by Crippen LogP contribution is -2.08. The van der Waals surface area contributed by atoms with E-state index in [0.717, 1.165) is 7.11 Å². The predicted octanol–water partition coefficient (Wildman–Crippen LogP) is 2.08. The van der Waals surface area contributed by atoms with Crippen molar-refractivity contribution in [2.75, 3.05) is 7.11 Å². The third kappa shape index (κ3) is 1.75. The molecule has 0 aromatic heterocycles. The Morgan fingerprint density at radius 3 is 2.71 bits per heavy atom. The lowest BCUT2D eigenvalue weighted by atomic mass is 10.1. The number of aldehydes is 1. The summed E-state index contributed by atoms with van der Waals surface area (Å²) >= 11 is 5.45. The largest absolute Gasteiger partial charge is 0.465 e. The van der Waals surface area contributed by atoms with E-state index in [1.165, 1.54) is 12.1 Å². The Morgan fingerprint density at radius 1 is 1.57 bits per heavy atom. The maximum atomic E-state index is 13.3. The van der Waals surface area contributed by atoms with Crippen LogP contribution in [0.1, 0.15) is 20.7 Å². The SMILES string of the molecule is COC(=O)c1c(C=O)ccc(Cl)c1F. The molecule has 0 fully saturated rings. The second kappa shape index (κ2) is 4.19. The van der Waals surface area contributed by atoms with Gasteiger partial charge in [-0.2, -0.15) is 0 Å². The van der Waals surface area contributed by atoms with Gasteiger partial charge in [0.25, 0.3) is 0 Å². The Labute approximate surface area is 84.4 Å². The highest BCUT2D eigenvalue weighted by Gasteiger charge is 2.19. The van der Waals surface area contributed by atoms with E-state index < -0.39 is 17.3 Å². The van der Waals surface area contributed by atoms with Gasteiger partial charge in [-0.15, -0.1) is 0 Å². The number of rotatable bonds is 2. The molecular formula is C9H6ClFO3. The number of methoxy groups -OCH3 is 1. The number of ether oxygens (including phenoxy) is 1. The molecular weight excluding hydrogens is 211 g/mol.